The van der Waals surface area contributed by atoms with Crippen LogP contribution in [0.25, 0.3) is 0 Å². The van der Waals surface area contributed by atoms with Gasteiger partial charge in [0, 0.05) is 13.2 Å². The molecule has 0 radical (unpaired) electrons. The minimum Gasteiger partial charge on any atom is -0.788 e. The number of hydrogen-bond acceptors (Lipinski definition) is 6. The predicted molar refractivity (Wildman–Crippen MR) is 97.2 cm³/mol. The number of ether oxygens (including phenoxy) is 2. The molecule has 0 N–H and O–H groups in total. The summed E-state index contributed by atoms with van der Waals surface area (Å²) in [4.78, 5) is 0. The SMILES string of the molecule is CCCCCCOC([S-])[S-].CCCCCCOC([S-])[S-].[Pt+4]. The van der Waals surface area contributed by atoms with Gasteiger partial charge in [0.15, 0.2) is 0 Å². The molecule has 0 amide bonds. The van der Waals surface area contributed by atoms with Crippen LogP contribution in [0.2, 0.25) is 0 Å². The van der Waals surface area contributed by atoms with E-state index in [0.29, 0.717) is 0 Å². The summed E-state index contributed by atoms with van der Waals surface area (Å²) in [5.41, 5.74) is 0. The van der Waals surface area contributed by atoms with Gasteiger partial charge in [0.25, 0.3) is 0 Å². The third kappa shape index (κ3) is 34.4. The summed E-state index contributed by atoms with van der Waals surface area (Å²) in [6.07, 6.45) is 9.72. The van der Waals surface area contributed by atoms with Crippen molar-refractivity contribution < 1.29 is 30.5 Å². The second kappa shape index (κ2) is 24.3. The van der Waals surface area contributed by atoms with Crippen LogP contribution in [-0.2, 0) is 81.1 Å². The molecule has 0 saturated carbocycles. The van der Waals surface area contributed by atoms with Crippen LogP contribution in [-0.4, -0.2) is 22.7 Å². The summed E-state index contributed by atoms with van der Waals surface area (Å²) in [5.74, 6) is 0. The summed E-state index contributed by atoms with van der Waals surface area (Å²) < 4.78 is 9.18. The van der Waals surface area contributed by atoms with Crippen molar-refractivity contribution in [2.24, 2.45) is 0 Å². The Morgan fingerprint density at radius 3 is 1.19 bits per heavy atom. The van der Waals surface area contributed by atoms with E-state index >= 15 is 0 Å². The van der Waals surface area contributed by atoms with Crippen LogP contribution in [0.15, 0.2) is 0 Å². The van der Waals surface area contributed by atoms with Crippen LogP contribution in [0.4, 0.5) is 0 Å². The van der Waals surface area contributed by atoms with Crippen molar-refractivity contribution in [2.45, 2.75) is 74.8 Å². The minimum atomic E-state index is -0.429. The first kappa shape index (κ1) is 27.8. The standard InChI is InChI=1S/2C7H16OS2.Pt/c2*1-2-3-4-5-6-8-7(9)10;/h2*7,9-10H,2-6H2,1H3;/q;;+4/p-4. The zero-order valence-electron chi connectivity index (χ0n) is 13.0. The molecule has 21 heavy (non-hydrogen) atoms. The predicted octanol–water partition coefficient (Wildman–Crippen LogP) is 3.92. The van der Waals surface area contributed by atoms with Gasteiger partial charge in [-0.1, -0.05) is 52.4 Å². The minimum absolute atomic E-state index is 0. The fourth-order valence-corrected chi connectivity index (χ4v) is 1.80. The van der Waals surface area contributed by atoms with Crippen molar-refractivity contribution in [1.82, 2.24) is 0 Å². The Morgan fingerprint density at radius 1 is 0.619 bits per heavy atom. The van der Waals surface area contributed by atoms with Crippen LogP contribution >= 0.6 is 0 Å². The van der Waals surface area contributed by atoms with Crippen LogP contribution in [0.1, 0.15) is 65.2 Å². The smallest absolute Gasteiger partial charge is 0.788 e. The average molecular weight is 552 g/mol. The second-order valence-corrected chi connectivity index (χ2v) is 6.75. The summed E-state index contributed by atoms with van der Waals surface area (Å²) >= 11 is 18.6. The van der Waals surface area contributed by atoms with E-state index in [4.69, 9.17) is 9.47 Å². The summed E-state index contributed by atoms with van der Waals surface area (Å²) in [6.45, 7) is 5.84. The van der Waals surface area contributed by atoms with E-state index in [-0.39, 0.29) is 21.1 Å². The zero-order chi connectivity index (χ0) is 15.6. The van der Waals surface area contributed by atoms with Gasteiger partial charge in [-0.25, -0.2) is 0 Å². The van der Waals surface area contributed by atoms with Crippen LogP contribution in [0.3, 0.4) is 0 Å². The van der Waals surface area contributed by atoms with Crippen molar-refractivity contribution in [3.8, 4) is 0 Å². The fourth-order valence-electron chi connectivity index (χ4n) is 1.42. The largest absolute Gasteiger partial charge is 4.00 e. The molecule has 0 fully saturated rings. The maximum Gasteiger partial charge on any atom is 4.00 e. The fraction of sp³-hybridized carbons (Fsp3) is 1.00. The first-order chi connectivity index (χ1) is 9.54. The third-order valence-electron chi connectivity index (χ3n) is 2.50. The molecule has 130 valence electrons. The molecule has 2 nitrogen and oxygen atoms in total. The number of hydrogen-bond donors (Lipinski definition) is 0. The molecule has 0 bridgehead atoms. The van der Waals surface area contributed by atoms with E-state index in [2.05, 4.69) is 64.4 Å². The van der Waals surface area contributed by atoms with Gasteiger partial charge in [0.1, 0.15) is 0 Å². The first-order valence-electron chi connectivity index (χ1n) is 7.41. The average Bonchev–Trinajstić information content (AvgIpc) is 2.38. The Bertz CT molecular complexity index is 157. The van der Waals surface area contributed by atoms with Gasteiger partial charge in [-0.15, -0.1) is 0 Å². The molecule has 0 aromatic heterocycles. The molecule has 0 atom stereocenters. The third-order valence-corrected chi connectivity index (χ3v) is 3.05. The monoisotopic (exact) mass is 551 g/mol. The van der Waals surface area contributed by atoms with Gasteiger partial charge in [0.2, 0.25) is 0 Å². The molecule has 0 rings (SSSR count). The summed E-state index contributed by atoms with van der Waals surface area (Å²) in [6, 6.07) is 0. The van der Waals surface area contributed by atoms with Crippen LogP contribution < -0.4 is 0 Å². The quantitative estimate of drug-likeness (QED) is 0.269. The molecule has 0 unspecified atom stereocenters. The van der Waals surface area contributed by atoms with E-state index in [0.717, 1.165) is 26.1 Å². The molecule has 0 aliphatic carbocycles. The maximum absolute atomic E-state index is 5.02. The summed E-state index contributed by atoms with van der Waals surface area (Å²) in [5, 5.41) is 0. The molecular formula is C14H28O2PtS4. The topological polar surface area (TPSA) is 18.5 Å². The molecule has 0 aliphatic heterocycles. The molecule has 0 heterocycles. The van der Waals surface area contributed by atoms with Gasteiger partial charge in [-0.05, 0) is 12.8 Å². The molecule has 0 spiro atoms. The normalized spacial score (nSPS) is 10.3. The number of rotatable bonds is 12. The van der Waals surface area contributed by atoms with E-state index in [1.165, 1.54) is 38.5 Å². The molecule has 0 aromatic rings. The second-order valence-electron chi connectivity index (χ2n) is 4.44. The number of unbranched alkanes of at least 4 members (excludes halogenated alkanes) is 6. The van der Waals surface area contributed by atoms with Gasteiger partial charge >= 0.3 is 21.1 Å². The van der Waals surface area contributed by atoms with Crippen LogP contribution in [0.5, 0.6) is 0 Å². The van der Waals surface area contributed by atoms with Gasteiger partial charge < -0.3 is 60.0 Å². The van der Waals surface area contributed by atoms with E-state index in [1.807, 2.05) is 0 Å². The van der Waals surface area contributed by atoms with Gasteiger partial charge in [0.05, 0.1) is 0 Å². The Kier molecular flexibility index (Phi) is 32.2. The van der Waals surface area contributed by atoms with Crippen LogP contribution in [0, 0.1) is 0 Å². The van der Waals surface area contributed by atoms with Crippen molar-refractivity contribution in [2.75, 3.05) is 13.2 Å². The van der Waals surface area contributed by atoms with E-state index in [1.54, 1.807) is 0 Å². The molecule has 0 aliphatic rings. The van der Waals surface area contributed by atoms with E-state index in [9.17, 15) is 0 Å². The van der Waals surface area contributed by atoms with Crippen molar-refractivity contribution in [3.05, 3.63) is 0 Å². The first-order valence-corrected chi connectivity index (χ1v) is 9.29. The van der Waals surface area contributed by atoms with E-state index < -0.39 is 9.54 Å². The zero-order valence-corrected chi connectivity index (χ0v) is 18.5. The van der Waals surface area contributed by atoms with Crippen molar-refractivity contribution in [1.29, 1.82) is 0 Å². The summed E-state index contributed by atoms with van der Waals surface area (Å²) in [7, 11) is 0. The molecule has 0 aromatic carbocycles. The van der Waals surface area contributed by atoms with Gasteiger partial charge in [-0.2, -0.15) is 9.54 Å². The van der Waals surface area contributed by atoms with Crippen molar-refractivity contribution >= 4 is 50.5 Å². The maximum atomic E-state index is 5.02. The van der Waals surface area contributed by atoms with Gasteiger partial charge in [-0.3, -0.25) is 0 Å². The van der Waals surface area contributed by atoms with Crippen molar-refractivity contribution in [3.63, 3.8) is 0 Å². The Hall–Kier alpha value is 2.01. The Morgan fingerprint density at radius 2 is 0.952 bits per heavy atom. The Labute approximate surface area is 168 Å². The molecular weight excluding hydrogens is 523 g/mol. The Balaban J connectivity index is -0.000000295. The molecule has 7 heteroatoms. The molecule has 0 saturated heterocycles.